The van der Waals surface area contributed by atoms with Gasteiger partial charge in [0.2, 0.25) is 0 Å². The van der Waals surface area contributed by atoms with Gasteiger partial charge in [0.15, 0.2) is 0 Å². The van der Waals surface area contributed by atoms with Crippen molar-refractivity contribution in [2.75, 3.05) is 0 Å². The quantitative estimate of drug-likeness (QED) is 0.248. The molecule has 4 atom stereocenters. The van der Waals surface area contributed by atoms with Gasteiger partial charge in [0, 0.05) is 23.7 Å². The second kappa shape index (κ2) is 19.9. The maximum absolute atomic E-state index is 5.37. The highest BCUT2D eigenvalue weighted by molar-refractivity contribution is 5.27. The summed E-state index contributed by atoms with van der Waals surface area (Å²) in [6, 6.07) is 0. The van der Waals surface area contributed by atoms with E-state index in [-0.39, 0.29) is 23.7 Å². The summed E-state index contributed by atoms with van der Waals surface area (Å²) in [5.41, 5.74) is 0. The fourth-order valence-electron chi connectivity index (χ4n) is 3.78. The summed E-state index contributed by atoms with van der Waals surface area (Å²) in [6.45, 7) is 8.74. The molecule has 0 heterocycles. The Hall–Kier alpha value is -3.78. The Labute approximate surface area is 210 Å². The van der Waals surface area contributed by atoms with E-state index in [1.54, 1.807) is 0 Å². The standard InChI is InChI=1S/C34H36/c1-9-13-19-31(27-33(21-15-11-3)25-29(5)6)23-17-18-24-32(20-14-10-2)28-34(22-16-12-4)26-30(7)8/h1-4,17-18,29-34H,23-28H2,5-8H3/b18-17-. The molecule has 0 aliphatic rings. The molecular formula is C34H36. The van der Waals surface area contributed by atoms with E-state index < -0.39 is 0 Å². The lowest BCUT2D eigenvalue weighted by molar-refractivity contribution is 0.419. The van der Waals surface area contributed by atoms with E-state index in [0.717, 1.165) is 38.5 Å². The summed E-state index contributed by atoms with van der Waals surface area (Å²) in [5.74, 6) is 35.3. The molecular weight excluding hydrogens is 408 g/mol. The van der Waals surface area contributed by atoms with E-state index in [2.05, 4.69) is 111 Å². The largest absolute Gasteiger partial charge is 0.106 e. The first-order valence-corrected chi connectivity index (χ1v) is 11.9. The van der Waals surface area contributed by atoms with Crippen LogP contribution in [-0.4, -0.2) is 0 Å². The topological polar surface area (TPSA) is 0 Å². The van der Waals surface area contributed by atoms with Crippen LogP contribution in [0, 0.1) is 132 Å². The van der Waals surface area contributed by atoms with Crippen LogP contribution in [0.25, 0.3) is 0 Å². The van der Waals surface area contributed by atoms with Crippen molar-refractivity contribution in [3.05, 3.63) is 12.2 Å². The first-order valence-electron chi connectivity index (χ1n) is 11.9. The van der Waals surface area contributed by atoms with Gasteiger partial charge in [-0.2, -0.15) is 0 Å². The highest BCUT2D eigenvalue weighted by Gasteiger charge is 2.16. The first kappa shape index (κ1) is 30.2. The van der Waals surface area contributed by atoms with Crippen molar-refractivity contribution in [1.29, 1.82) is 0 Å². The molecule has 0 fully saturated rings. The zero-order chi connectivity index (χ0) is 25.6. The Morgan fingerprint density at radius 1 is 0.471 bits per heavy atom. The lowest BCUT2D eigenvalue weighted by atomic mass is 9.86. The molecule has 4 unspecified atom stereocenters. The minimum atomic E-state index is 0.119. The van der Waals surface area contributed by atoms with Crippen LogP contribution >= 0.6 is 0 Å². The Kier molecular flexibility index (Phi) is 17.7. The van der Waals surface area contributed by atoms with Crippen molar-refractivity contribution >= 4 is 0 Å². The van der Waals surface area contributed by atoms with Crippen LogP contribution in [0.2, 0.25) is 0 Å². The van der Waals surface area contributed by atoms with Gasteiger partial charge in [-0.25, -0.2) is 0 Å². The molecule has 0 amide bonds. The van der Waals surface area contributed by atoms with Crippen LogP contribution in [0.1, 0.15) is 66.2 Å². The van der Waals surface area contributed by atoms with Gasteiger partial charge in [-0.05, 0) is 97.7 Å². The van der Waals surface area contributed by atoms with Crippen LogP contribution in [0.5, 0.6) is 0 Å². The van der Waals surface area contributed by atoms with E-state index in [0.29, 0.717) is 11.8 Å². The predicted molar refractivity (Wildman–Crippen MR) is 147 cm³/mol. The summed E-state index contributed by atoms with van der Waals surface area (Å²) in [7, 11) is 0. The third kappa shape index (κ3) is 16.9. The fraction of sp³-hybridized carbons (Fsp3) is 0.471. The van der Waals surface area contributed by atoms with E-state index in [4.69, 9.17) is 25.7 Å². The van der Waals surface area contributed by atoms with Gasteiger partial charge in [0.25, 0.3) is 0 Å². The first-order chi connectivity index (χ1) is 16.4. The fourth-order valence-corrected chi connectivity index (χ4v) is 3.78. The van der Waals surface area contributed by atoms with Crippen LogP contribution in [0.15, 0.2) is 12.2 Å². The van der Waals surface area contributed by atoms with Crippen molar-refractivity contribution in [3.8, 4) is 96.7 Å². The molecule has 0 rings (SSSR count). The maximum Gasteiger partial charge on any atom is 0.0259 e. The molecule has 0 saturated heterocycles. The number of hydrogen-bond donors (Lipinski definition) is 0. The summed E-state index contributed by atoms with van der Waals surface area (Å²) in [5, 5.41) is 0. The maximum atomic E-state index is 5.37. The van der Waals surface area contributed by atoms with E-state index in [9.17, 15) is 0 Å². The van der Waals surface area contributed by atoms with Crippen LogP contribution in [0.4, 0.5) is 0 Å². The summed E-state index contributed by atoms with van der Waals surface area (Å²) >= 11 is 0. The van der Waals surface area contributed by atoms with Gasteiger partial charge in [-0.3, -0.25) is 0 Å². The van der Waals surface area contributed by atoms with Gasteiger partial charge in [-0.15, -0.1) is 25.7 Å². The molecule has 0 aromatic carbocycles. The predicted octanol–water partition coefficient (Wildman–Crippen LogP) is 6.21. The smallest absolute Gasteiger partial charge is 0.0259 e. The minimum absolute atomic E-state index is 0.119. The van der Waals surface area contributed by atoms with Gasteiger partial charge >= 0.3 is 0 Å². The van der Waals surface area contributed by atoms with Gasteiger partial charge in [0.1, 0.15) is 0 Å². The Morgan fingerprint density at radius 2 is 0.765 bits per heavy atom. The summed E-state index contributed by atoms with van der Waals surface area (Å²) < 4.78 is 0. The molecule has 0 radical (unpaired) electrons. The average molecular weight is 445 g/mol. The second-order valence-corrected chi connectivity index (χ2v) is 9.12. The number of rotatable bonds is 12. The lowest BCUT2D eigenvalue weighted by Gasteiger charge is -2.17. The van der Waals surface area contributed by atoms with E-state index in [1.807, 2.05) is 0 Å². The van der Waals surface area contributed by atoms with Crippen molar-refractivity contribution < 1.29 is 0 Å². The summed E-state index contributed by atoms with van der Waals surface area (Å²) in [4.78, 5) is 0. The van der Waals surface area contributed by atoms with Crippen molar-refractivity contribution in [3.63, 3.8) is 0 Å². The zero-order valence-electron chi connectivity index (χ0n) is 21.2. The number of hydrogen-bond acceptors (Lipinski definition) is 0. The van der Waals surface area contributed by atoms with Crippen molar-refractivity contribution in [2.24, 2.45) is 35.5 Å². The molecule has 0 heteroatoms. The number of terminal acetylenes is 4. The van der Waals surface area contributed by atoms with Crippen LogP contribution in [0.3, 0.4) is 0 Å². The Balaban J connectivity index is 5.37. The molecule has 0 aliphatic heterocycles. The third-order valence-corrected chi connectivity index (χ3v) is 5.05. The molecule has 0 aromatic rings. The Morgan fingerprint density at radius 3 is 1.03 bits per heavy atom. The van der Waals surface area contributed by atoms with Crippen LogP contribution < -0.4 is 0 Å². The summed E-state index contributed by atoms with van der Waals surface area (Å²) in [6.07, 6.45) is 31.0. The molecule has 0 saturated carbocycles. The number of allylic oxidation sites excluding steroid dienone is 2. The molecule has 0 N–H and O–H groups in total. The van der Waals surface area contributed by atoms with Crippen molar-refractivity contribution in [1.82, 2.24) is 0 Å². The average Bonchev–Trinajstić information content (AvgIpc) is 2.79. The van der Waals surface area contributed by atoms with Gasteiger partial charge in [-0.1, -0.05) is 63.5 Å². The van der Waals surface area contributed by atoms with Crippen molar-refractivity contribution in [2.45, 2.75) is 66.2 Å². The molecule has 34 heavy (non-hydrogen) atoms. The molecule has 172 valence electrons. The third-order valence-electron chi connectivity index (χ3n) is 5.05. The SMILES string of the molecule is C#CC#CC(C/C=C\CC(C#CC#C)CC(C#CC#C)CC(C)C)CC(C#CC#C)CC(C)C. The van der Waals surface area contributed by atoms with Crippen LogP contribution in [-0.2, 0) is 0 Å². The molecule has 0 spiro atoms. The Bertz CT molecular complexity index is 962. The van der Waals surface area contributed by atoms with E-state index in [1.165, 1.54) is 0 Å². The lowest BCUT2D eigenvalue weighted by Crippen LogP contribution is -2.09. The van der Waals surface area contributed by atoms with E-state index >= 15 is 0 Å². The molecule has 0 aromatic heterocycles. The molecule has 0 nitrogen and oxygen atoms in total. The minimum Gasteiger partial charge on any atom is -0.106 e. The zero-order valence-corrected chi connectivity index (χ0v) is 21.2. The highest BCUT2D eigenvalue weighted by atomic mass is 14.2. The van der Waals surface area contributed by atoms with Gasteiger partial charge in [0.05, 0.1) is 0 Å². The normalized spacial score (nSPS) is 12.9. The van der Waals surface area contributed by atoms with Gasteiger partial charge < -0.3 is 0 Å². The molecule has 0 aliphatic carbocycles. The second-order valence-electron chi connectivity index (χ2n) is 9.12. The highest BCUT2D eigenvalue weighted by Crippen LogP contribution is 2.24. The molecule has 0 bridgehead atoms. The monoisotopic (exact) mass is 444 g/mol.